The maximum atomic E-state index is 14.3. The zero-order valence-electron chi connectivity index (χ0n) is 21.9. The van der Waals surface area contributed by atoms with Gasteiger partial charge in [-0.1, -0.05) is 49.1 Å². The molecule has 0 bridgehead atoms. The molecule has 3 aromatic rings. The summed E-state index contributed by atoms with van der Waals surface area (Å²) in [6, 6.07) is 15.6. The summed E-state index contributed by atoms with van der Waals surface area (Å²) >= 11 is 0. The minimum absolute atomic E-state index is 0.0358. The summed E-state index contributed by atoms with van der Waals surface area (Å²) < 4.78 is 47.8. The normalized spacial score (nSPS) is 18.3. The van der Waals surface area contributed by atoms with Crippen molar-refractivity contribution in [2.24, 2.45) is 5.92 Å². The molecule has 204 valence electrons. The number of pyridine rings is 1. The number of ether oxygens (including phenoxy) is 1. The van der Waals surface area contributed by atoms with Crippen molar-refractivity contribution in [3.05, 3.63) is 89.4 Å². The molecule has 8 nitrogen and oxygen atoms in total. The van der Waals surface area contributed by atoms with Gasteiger partial charge in [-0.3, -0.25) is 4.79 Å². The van der Waals surface area contributed by atoms with Crippen LogP contribution >= 0.6 is 0 Å². The van der Waals surface area contributed by atoms with Crippen LogP contribution in [0.25, 0.3) is 0 Å². The molecule has 0 fully saturated rings. The summed E-state index contributed by atoms with van der Waals surface area (Å²) in [5, 5.41) is 9.85. The van der Waals surface area contributed by atoms with Crippen LogP contribution in [0.2, 0.25) is 0 Å². The van der Waals surface area contributed by atoms with Crippen molar-refractivity contribution in [1.82, 2.24) is 14.2 Å². The number of hydrogen-bond donors (Lipinski definition) is 1. The number of sulfonamides is 1. The van der Waals surface area contributed by atoms with E-state index in [0.717, 1.165) is 15.9 Å². The second-order valence-electron chi connectivity index (χ2n) is 9.53. The highest BCUT2D eigenvalue weighted by Crippen LogP contribution is 2.28. The molecule has 1 aliphatic rings. The second-order valence-corrected chi connectivity index (χ2v) is 11.5. The van der Waals surface area contributed by atoms with Gasteiger partial charge in [-0.15, -0.1) is 0 Å². The van der Waals surface area contributed by atoms with Crippen molar-refractivity contribution in [2.45, 2.75) is 30.9 Å². The van der Waals surface area contributed by atoms with Crippen molar-refractivity contribution in [2.75, 3.05) is 26.7 Å². The number of aliphatic hydroxyl groups excluding tert-OH is 1. The number of nitrogens with zero attached hydrogens (tertiary/aromatic N) is 3. The third-order valence-electron chi connectivity index (χ3n) is 6.61. The van der Waals surface area contributed by atoms with Gasteiger partial charge in [-0.05, 0) is 37.3 Å². The van der Waals surface area contributed by atoms with E-state index in [1.165, 1.54) is 36.3 Å². The highest BCUT2D eigenvalue weighted by molar-refractivity contribution is 7.89. The number of aromatic nitrogens is 1. The van der Waals surface area contributed by atoms with Crippen LogP contribution in [0.5, 0.6) is 5.88 Å². The third-order valence-corrected chi connectivity index (χ3v) is 8.46. The number of hydrogen-bond acceptors (Lipinski definition) is 6. The van der Waals surface area contributed by atoms with Crippen molar-refractivity contribution >= 4 is 15.9 Å². The third kappa shape index (κ3) is 6.28. The van der Waals surface area contributed by atoms with E-state index < -0.39 is 32.9 Å². The number of carbonyl (C=O) groups is 1. The lowest BCUT2D eigenvalue weighted by molar-refractivity contribution is 0.0373. The summed E-state index contributed by atoms with van der Waals surface area (Å²) in [7, 11) is -2.80. The Bertz CT molecular complexity index is 1500. The number of fused-ring (bicyclic) bond motifs is 1. The van der Waals surface area contributed by atoms with Gasteiger partial charge in [0.25, 0.3) is 5.91 Å². The average molecular weight is 552 g/mol. The number of rotatable bonds is 6. The summed E-state index contributed by atoms with van der Waals surface area (Å²) in [6.07, 6.45) is 0.760. The Morgan fingerprint density at radius 1 is 1.15 bits per heavy atom. The number of benzene rings is 2. The largest absolute Gasteiger partial charge is 0.472 e. The van der Waals surface area contributed by atoms with Gasteiger partial charge in [0, 0.05) is 36.8 Å². The topological polar surface area (TPSA) is 100 Å². The van der Waals surface area contributed by atoms with E-state index in [1.807, 2.05) is 37.3 Å². The maximum absolute atomic E-state index is 14.3. The first-order chi connectivity index (χ1) is 18.6. The smallest absolute Gasteiger partial charge is 0.259 e. The highest BCUT2D eigenvalue weighted by Gasteiger charge is 2.36. The molecule has 4 rings (SSSR count). The van der Waals surface area contributed by atoms with Crippen LogP contribution in [-0.4, -0.2) is 72.5 Å². The van der Waals surface area contributed by atoms with Crippen molar-refractivity contribution in [3.63, 3.8) is 0 Å². The van der Waals surface area contributed by atoms with Crippen LogP contribution in [0.3, 0.4) is 0 Å². The van der Waals surface area contributed by atoms with Crippen molar-refractivity contribution in [1.29, 1.82) is 0 Å². The maximum Gasteiger partial charge on any atom is 0.259 e. The Morgan fingerprint density at radius 3 is 2.51 bits per heavy atom. The molecule has 0 unspecified atom stereocenters. The number of carbonyl (C=O) groups excluding carboxylic acids is 1. The van der Waals surface area contributed by atoms with Crippen LogP contribution in [0, 0.1) is 23.6 Å². The Balaban J connectivity index is 1.69. The first-order valence-electron chi connectivity index (χ1n) is 12.5. The zero-order valence-corrected chi connectivity index (χ0v) is 22.7. The van der Waals surface area contributed by atoms with Crippen molar-refractivity contribution < 1.29 is 27.4 Å². The average Bonchev–Trinajstić information content (AvgIpc) is 2.94. The van der Waals surface area contributed by atoms with Gasteiger partial charge in [0.2, 0.25) is 15.9 Å². The summed E-state index contributed by atoms with van der Waals surface area (Å²) in [5.74, 6) is 4.51. The van der Waals surface area contributed by atoms with E-state index in [9.17, 15) is 22.7 Å². The molecule has 2 heterocycles. The number of aliphatic hydroxyl groups is 1. The molecule has 3 atom stereocenters. The van der Waals surface area contributed by atoms with E-state index in [-0.39, 0.29) is 43.0 Å². The minimum atomic E-state index is -4.16. The lowest BCUT2D eigenvalue weighted by Gasteiger charge is -2.37. The van der Waals surface area contributed by atoms with Gasteiger partial charge in [-0.25, -0.2) is 17.8 Å². The number of halogens is 1. The Labute approximate surface area is 228 Å². The molecule has 0 saturated carbocycles. The van der Waals surface area contributed by atoms with Gasteiger partial charge in [-0.2, -0.15) is 4.31 Å². The van der Waals surface area contributed by atoms with E-state index in [2.05, 4.69) is 16.8 Å². The molecular weight excluding hydrogens is 521 g/mol. The first-order valence-corrected chi connectivity index (χ1v) is 13.9. The van der Waals surface area contributed by atoms with Crippen LogP contribution in [0.1, 0.15) is 35.3 Å². The second kappa shape index (κ2) is 11.9. The standard InChI is InChI=1S/C29H30FN3O5S/c1-20-17-33(21(2)19-34)29(35)24-15-23(14-13-22-9-5-4-6-10-22)16-31-28(24)38-26(20)18-32(3)39(36,37)27-12-8-7-11-25(27)30/h4-12,15-16,20-21,26,34H,17-19H2,1-3H3/t20-,21-,26-/m1/s1. The van der Waals surface area contributed by atoms with Gasteiger partial charge in [0.15, 0.2) is 0 Å². The quantitative estimate of drug-likeness (QED) is 0.473. The van der Waals surface area contributed by atoms with E-state index in [1.54, 1.807) is 13.0 Å². The number of likely N-dealkylation sites (N-methyl/N-ethyl adjacent to an activating group) is 1. The molecular formula is C29H30FN3O5S. The van der Waals surface area contributed by atoms with E-state index >= 15 is 0 Å². The molecule has 39 heavy (non-hydrogen) atoms. The molecule has 2 aromatic carbocycles. The summed E-state index contributed by atoms with van der Waals surface area (Å²) in [5.41, 5.74) is 1.46. The fraction of sp³-hybridized carbons (Fsp3) is 0.310. The number of amides is 1. The lowest BCUT2D eigenvalue weighted by Crippen LogP contribution is -2.50. The fourth-order valence-corrected chi connectivity index (χ4v) is 5.47. The summed E-state index contributed by atoms with van der Waals surface area (Å²) in [4.78, 5) is 19.0. The predicted octanol–water partition coefficient (Wildman–Crippen LogP) is 3.16. The molecule has 10 heteroatoms. The predicted molar refractivity (Wildman–Crippen MR) is 144 cm³/mol. The van der Waals surface area contributed by atoms with Gasteiger partial charge in [0.1, 0.15) is 22.4 Å². The minimum Gasteiger partial charge on any atom is -0.472 e. The van der Waals surface area contributed by atoms with Gasteiger partial charge < -0.3 is 14.7 Å². The van der Waals surface area contributed by atoms with Crippen LogP contribution in [0.4, 0.5) is 4.39 Å². The molecule has 0 aliphatic carbocycles. The van der Waals surface area contributed by atoms with Crippen molar-refractivity contribution in [3.8, 4) is 17.7 Å². The summed E-state index contributed by atoms with van der Waals surface area (Å²) in [6.45, 7) is 3.36. The highest BCUT2D eigenvalue weighted by atomic mass is 32.2. The Morgan fingerprint density at radius 2 is 1.82 bits per heavy atom. The van der Waals surface area contributed by atoms with E-state index in [0.29, 0.717) is 5.56 Å². The van der Waals surface area contributed by atoms with E-state index in [4.69, 9.17) is 4.74 Å². The zero-order chi connectivity index (χ0) is 28.2. The fourth-order valence-electron chi connectivity index (χ4n) is 4.23. The molecule has 0 spiro atoms. The molecule has 1 N–H and O–H groups in total. The lowest BCUT2D eigenvalue weighted by atomic mass is 10.0. The van der Waals surface area contributed by atoms with Crippen LogP contribution in [-0.2, 0) is 10.0 Å². The molecule has 0 saturated heterocycles. The first kappa shape index (κ1) is 28.2. The molecule has 0 radical (unpaired) electrons. The molecule has 1 aliphatic heterocycles. The Kier molecular flexibility index (Phi) is 8.65. The SMILES string of the molecule is C[C@@H]1CN([C@H](C)CO)C(=O)c2cc(C#Cc3ccccc3)cnc2O[C@@H]1CN(C)S(=O)(=O)c1ccccc1F. The van der Waals surface area contributed by atoms with Gasteiger partial charge >= 0.3 is 0 Å². The van der Waals surface area contributed by atoms with Crippen LogP contribution < -0.4 is 4.74 Å². The Hall–Kier alpha value is -3.78. The molecule has 1 aromatic heterocycles. The van der Waals surface area contributed by atoms with Crippen LogP contribution in [0.15, 0.2) is 71.8 Å². The molecule has 1 amide bonds. The monoisotopic (exact) mass is 551 g/mol. The van der Waals surface area contributed by atoms with Gasteiger partial charge in [0.05, 0.1) is 19.2 Å².